The molecule has 0 saturated heterocycles. The molecule has 3 rings (SSSR count). The molecule has 0 aromatic heterocycles. The Hall–Kier alpha value is -2.33. The van der Waals surface area contributed by atoms with Crippen molar-refractivity contribution in [1.82, 2.24) is 0 Å². The van der Waals surface area contributed by atoms with E-state index in [0.29, 0.717) is 6.54 Å². The van der Waals surface area contributed by atoms with Crippen LogP contribution in [0.15, 0.2) is 48.5 Å². The van der Waals surface area contributed by atoms with Gasteiger partial charge in [-0.15, -0.1) is 0 Å². The molecular weight excluding hydrogens is 324 g/mol. The van der Waals surface area contributed by atoms with Crippen LogP contribution in [0.4, 0.5) is 10.5 Å². The first kappa shape index (κ1) is 18.5. The number of hydrogen-bond donors (Lipinski definition) is 1. The summed E-state index contributed by atoms with van der Waals surface area (Å²) in [5.74, 6) is 0. The molecule has 1 atom stereocenters. The summed E-state index contributed by atoms with van der Waals surface area (Å²) in [6, 6.07) is 16.0. The van der Waals surface area contributed by atoms with Gasteiger partial charge in [0, 0.05) is 12.6 Å². The van der Waals surface area contributed by atoms with Gasteiger partial charge < -0.3 is 10.5 Å². The van der Waals surface area contributed by atoms with Gasteiger partial charge in [-0.2, -0.15) is 0 Å². The van der Waals surface area contributed by atoms with Crippen LogP contribution in [0.3, 0.4) is 0 Å². The standard InChI is InChI=1S/C22H28N2O2/c1-22(2,3)14-17-9-10-20-18(13-17)19(23)11-12-24(20)21(25)26-15-16-7-5-4-6-8-16/h4-10,13,19H,11-12,14-15,23H2,1-3H3/t19-/m0/s1. The molecular formula is C22H28N2O2. The zero-order valence-electron chi connectivity index (χ0n) is 15.9. The molecule has 0 fully saturated rings. The molecule has 0 radical (unpaired) electrons. The minimum atomic E-state index is -0.314. The summed E-state index contributed by atoms with van der Waals surface area (Å²) in [6.45, 7) is 7.53. The first-order valence-corrected chi connectivity index (χ1v) is 9.20. The Labute approximate surface area is 156 Å². The summed E-state index contributed by atoms with van der Waals surface area (Å²) in [6.07, 6.45) is 1.41. The van der Waals surface area contributed by atoms with Gasteiger partial charge in [-0.1, -0.05) is 63.2 Å². The van der Waals surface area contributed by atoms with Crippen molar-refractivity contribution in [3.8, 4) is 0 Å². The maximum absolute atomic E-state index is 12.6. The summed E-state index contributed by atoms with van der Waals surface area (Å²) in [5.41, 5.74) is 10.7. The molecule has 0 saturated carbocycles. The van der Waals surface area contributed by atoms with Gasteiger partial charge >= 0.3 is 6.09 Å². The highest BCUT2D eigenvalue weighted by Gasteiger charge is 2.28. The van der Waals surface area contributed by atoms with E-state index in [1.54, 1.807) is 4.90 Å². The lowest BCUT2D eigenvalue weighted by molar-refractivity contribution is 0.146. The average molecular weight is 352 g/mol. The van der Waals surface area contributed by atoms with Crippen LogP contribution >= 0.6 is 0 Å². The quantitative estimate of drug-likeness (QED) is 0.861. The minimum Gasteiger partial charge on any atom is -0.444 e. The molecule has 2 aromatic carbocycles. The normalized spacial score (nSPS) is 16.9. The lowest BCUT2D eigenvalue weighted by atomic mass is 9.86. The topological polar surface area (TPSA) is 55.6 Å². The van der Waals surface area contributed by atoms with Crippen molar-refractivity contribution in [3.63, 3.8) is 0 Å². The van der Waals surface area contributed by atoms with E-state index in [0.717, 1.165) is 29.7 Å². The number of rotatable bonds is 3. The van der Waals surface area contributed by atoms with Crippen LogP contribution in [0.5, 0.6) is 0 Å². The van der Waals surface area contributed by atoms with Crippen molar-refractivity contribution >= 4 is 11.8 Å². The van der Waals surface area contributed by atoms with Gasteiger partial charge in [-0.05, 0) is 41.0 Å². The van der Waals surface area contributed by atoms with Gasteiger partial charge in [0.05, 0.1) is 5.69 Å². The number of carbonyl (C=O) groups is 1. The van der Waals surface area contributed by atoms with E-state index in [1.165, 1.54) is 5.56 Å². The molecule has 2 N–H and O–H groups in total. The van der Waals surface area contributed by atoms with Crippen LogP contribution in [0, 0.1) is 5.41 Å². The van der Waals surface area contributed by atoms with E-state index in [9.17, 15) is 4.79 Å². The van der Waals surface area contributed by atoms with Crippen molar-refractivity contribution < 1.29 is 9.53 Å². The molecule has 1 aliphatic heterocycles. The average Bonchev–Trinajstić information content (AvgIpc) is 2.60. The monoisotopic (exact) mass is 352 g/mol. The molecule has 4 heteroatoms. The summed E-state index contributed by atoms with van der Waals surface area (Å²) >= 11 is 0. The van der Waals surface area contributed by atoms with Crippen LogP contribution in [-0.2, 0) is 17.8 Å². The lowest BCUT2D eigenvalue weighted by Crippen LogP contribution is -2.38. The predicted molar refractivity (Wildman–Crippen MR) is 105 cm³/mol. The van der Waals surface area contributed by atoms with Gasteiger partial charge in [0.15, 0.2) is 0 Å². The van der Waals surface area contributed by atoms with E-state index < -0.39 is 0 Å². The van der Waals surface area contributed by atoms with E-state index in [-0.39, 0.29) is 24.2 Å². The van der Waals surface area contributed by atoms with Crippen LogP contribution in [0.25, 0.3) is 0 Å². The second kappa shape index (κ2) is 7.50. The zero-order chi connectivity index (χ0) is 18.7. The Morgan fingerprint density at radius 3 is 2.58 bits per heavy atom. The fraction of sp³-hybridized carbons (Fsp3) is 0.409. The Kier molecular flexibility index (Phi) is 5.33. The number of nitrogens with two attached hydrogens (primary N) is 1. The Bertz CT molecular complexity index is 765. The number of carbonyl (C=O) groups excluding carboxylic acids is 1. The number of nitrogens with zero attached hydrogens (tertiary/aromatic N) is 1. The number of benzene rings is 2. The molecule has 2 aromatic rings. The van der Waals surface area contributed by atoms with Crippen LogP contribution < -0.4 is 10.6 Å². The van der Waals surface area contributed by atoms with Crippen molar-refractivity contribution in [2.24, 2.45) is 11.1 Å². The molecule has 0 unspecified atom stereocenters. The van der Waals surface area contributed by atoms with Gasteiger partial charge in [0.1, 0.15) is 6.61 Å². The third-order valence-corrected chi connectivity index (χ3v) is 4.61. The van der Waals surface area contributed by atoms with Crippen molar-refractivity contribution in [2.45, 2.75) is 46.3 Å². The highest BCUT2D eigenvalue weighted by atomic mass is 16.6. The first-order valence-electron chi connectivity index (χ1n) is 9.20. The summed E-state index contributed by atoms with van der Waals surface area (Å²) in [7, 11) is 0. The molecule has 1 aliphatic rings. The molecule has 138 valence electrons. The van der Waals surface area contributed by atoms with Crippen molar-refractivity contribution in [1.29, 1.82) is 0 Å². The van der Waals surface area contributed by atoms with Gasteiger partial charge in [0.25, 0.3) is 0 Å². The maximum Gasteiger partial charge on any atom is 0.414 e. The second-order valence-corrected chi connectivity index (χ2v) is 8.22. The fourth-order valence-electron chi connectivity index (χ4n) is 3.40. The maximum atomic E-state index is 12.6. The minimum absolute atomic E-state index is 0.0388. The zero-order valence-corrected chi connectivity index (χ0v) is 15.9. The van der Waals surface area contributed by atoms with E-state index in [4.69, 9.17) is 10.5 Å². The highest BCUT2D eigenvalue weighted by Crippen LogP contribution is 2.35. The third-order valence-electron chi connectivity index (χ3n) is 4.61. The largest absolute Gasteiger partial charge is 0.444 e. The molecule has 0 bridgehead atoms. The van der Waals surface area contributed by atoms with Crippen molar-refractivity contribution in [2.75, 3.05) is 11.4 Å². The number of anilines is 1. The number of ether oxygens (including phenoxy) is 1. The summed E-state index contributed by atoms with van der Waals surface area (Å²) in [4.78, 5) is 14.3. The van der Waals surface area contributed by atoms with Crippen LogP contribution in [-0.4, -0.2) is 12.6 Å². The summed E-state index contributed by atoms with van der Waals surface area (Å²) in [5, 5.41) is 0. The Morgan fingerprint density at radius 2 is 1.88 bits per heavy atom. The van der Waals surface area contributed by atoms with Gasteiger partial charge in [-0.3, -0.25) is 4.90 Å². The first-order chi connectivity index (χ1) is 12.3. The molecule has 4 nitrogen and oxygen atoms in total. The highest BCUT2D eigenvalue weighted by molar-refractivity contribution is 5.89. The van der Waals surface area contributed by atoms with Crippen LogP contribution in [0.2, 0.25) is 0 Å². The van der Waals surface area contributed by atoms with E-state index in [1.807, 2.05) is 36.4 Å². The van der Waals surface area contributed by atoms with Gasteiger partial charge in [-0.25, -0.2) is 4.79 Å². The molecule has 26 heavy (non-hydrogen) atoms. The molecule has 0 aliphatic carbocycles. The van der Waals surface area contributed by atoms with E-state index >= 15 is 0 Å². The van der Waals surface area contributed by atoms with Crippen molar-refractivity contribution in [3.05, 3.63) is 65.2 Å². The molecule has 1 amide bonds. The lowest BCUT2D eigenvalue weighted by Gasteiger charge is -2.33. The number of hydrogen-bond acceptors (Lipinski definition) is 3. The van der Waals surface area contributed by atoms with Gasteiger partial charge in [0.2, 0.25) is 0 Å². The predicted octanol–water partition coefficient (Wildman–Crippen LogP) is 4.82. The second-order valence-electron chi connectivity index (χ2n) is 8.22. The smallest absolute Gasteiger partial charge is 0.414 e. The van der Waals surface area contributed by atoms with E-state index in [2.05, 4.69) is 32.9 Å². The molecule has 0 spiro atoms. The summed E-state index contributed by atoms with van der Waals surface area (Å²) < 4.78 is 5.52. The van der Waals surface area contributed by atoms with Crippen LogP contribution in [0.1, 0.15) is 49.9 Å². The third kappa shape index (κ3) is 4.44. The Morgan fingerprint density at radius 1 is 1.15 bits per heavy atom. The fourth-order valence-corrected chi connectivity index (χ4v) is 3.40. The SMILES string of the molecule is CC(C)(C)Cc1ccc2c(c1)[C@@H](N)CCN2C(=O)OCc1ccccc1. The molecule has 1 heterocycles. The number of amides is 1. The number of fused-ring (bicyclic) bond motifs is 1. The Balaban J connectivity index is 1.76.